The van der Waals surface area contributed by atoms with E-state index in [1.54, 1.807) is 13.0 Å². The van der Waals surface area contributed by atoms with Crippen LogP contribution in [0.3, 0.4) is 0 Å². The van der Waals surface area contributed by atoms with Crippen molar-refractivity contribution in [3.8, 4) is 0 Å². The molecule has 4 nitrogen and oxygen atoms in total. The zero-order valence-corrected chi connectivity index (χ0v) is 10.5. The van der Waals surface area contributed by atoms with Crippen molar-refractivity contribution in [2.24, 2.45) is 0 Å². The summed E-state index contributed by atoms with van der Waals surface area (Å²) in [6, 6.07) is 3.50. The molecule has 0 unspecified atom stereocenters. The molecule has 1 rings (SSSR count). The van der Waals surface area contributed by atoms with Gasteiger partial charge in [0.1, 0.15) is 0 Å². The third kappa shape index (κ3) is 3.67. The van der Waals surface area contributed by atoms with Crippen LogP contribution < -0.4 is 5.32 Å². The summed E-state index contributed by atoms with van der Waals surface area (Å²) in [7, 11) is 1.90. The molecule has 1 aromatic carbocycles. The molecular formula is C13H18N2O2. The molecule has 0 saturated heterocycles. The molecule has 4 heteroatoms. The summed E-state index contributed by atoms with van der Waals surface area (Å²) in [6.07, 6.45) is 4.88. The molecule has 1 aromatic rings. The highest BCUT2D eigenvalue weighted by Crippen LogP contribution is 2.23. The van der Waals surface area contributed by atoms with Crippen LogP contribution in [-0.4, -0.2) is 18.5 Å². The number of nitro groups is 1. The van der Waals surface area contributed by atoms with Gasteiger partial charge in [-0.3, -0.25) is 10.1 Å². The average Bonchev–Trinajstić information content (AvgIpc) is 2.26. The first-order valence-electron chi connectivity index (χ1n) is 5.63. The maximum atomic E-state index is 10.8. The SMILES string of the molecule is CNCCC=Cc1cc([N+](=O)[O-])c(C)cc1C. The molecular weight excluding hydrogens is 216 g/mol. The Bertz CT molecular complexity index is 439. The summed E-state index contributed by atoms with van der Waals surface area (Å²) in [4.78, 5) is 10.5. The van der Waals surface area contributed by atoms with Gasteiger partial charge >= 0.3 is 0 Å². The van der Waals surface area contributed by atoms with E-state index < -0.39 is 0 Å². The number of hydrogen-bond acceptors (Lipinski definition) is 3. The van der Waals surface area contributed by atoms with Crippen molar-refractivity contribution in [3.05, 3.63) is 45.0 Å². The van der Waals surface area contributed by atoms with Gasteiger partial charge in [0.25, 0.3) is 5.69 Å². The van der Waals surface area contributed by atoms with Gasteiger partial charge in [0.2, 0.25) is 0 Å². The lowest BCUT2D eigenvalue weighted by atomic mass is 10.0. The molecule has 0 amide bonds. The summed E-state index contributed by atoms with van der Waals surface area (Å²) in [6.45, 7) is 4.64. The van der Waals surface area contributed by atoms with Crippen LogP contribution in [0, 0.1) is 24.0 Å². The van der Waals surface area contributed by atoms with E-state index in [0.717, 1.165) is 24.1 Å². The lowest BCUT2D eigenvalue weighted by molar-refractivity contribution is -0.385. The van der Waals surface area contributed by atoms with E-state index in [1.165, 1.54) is 0 Å². The van der Waals surface area contributed by atoms with Crippen LogP contribution in [0.1, 0.15) is 23.1 Å². The van der Waals surface area contributed by atoms with Crippen molar-refractivity contribution >= 4 is 11.8 Å². The van der Waals surface area contributed by atoms with Crippen molar-refractivity contribution < 1.29 is 4.92 Å². The van der Waals surface area contributed by atoms with E-state index in [1.807, 2.05) is 32.2 Å². The first kappa shape index (κ1) is 13.4. The summed E-state index contributed by atoms with van der Waals surface area (Å²) in [5.74, 6) is 0. The van der Waals surface area contributed by atoms with Crippen LogP contribution in [0.5, 0.6) is 0 Å². The molecule has 0 fully saturated rings. The molecule has 0 spiro atoms. The van der Waals surface area contributed by atoms with Gasteiger partial charge in [-0.15, -0.1) is 0 Å². The van der Waals surface area contributed by atoms with Gasteiger partial charge in [0.15, 0.2) is 0 Å². The second-order valence-corrected chi connectivity index (χ2v) is 4.05. The third-order valence-corrected chi connectivity index (χ3v) is 2.64. The fourth-order valence-corrected chi connectivity index (χ4v) is 1.67. The fourth-order valence-electron chi connectivity index (χ4n) is 1.67. The molecule has 0 atom stereocenters. The van der Waals surface area contributed by atoms with Crippen molar-refractivity contribution in [1.29, 1.82) is 0 Å². The van der Waals surface area contributed by atoms with Crippen molar-refractivity contribution in [3.63, 3.8) is 0 Å². The van der Waals surface area contributed by atoms with E-state index in [4.69, 9.17) is 0 Å². The van der Waals surface area contributed by atoms with Crippen LogP contribution in [0.2, 0.25) is 0 Å². The van der Waals surface area contributed by atoms with E-state index in [2.05, 4.69) is 5.32 Å². The predicted molar refractivity (Wildman–Crippen MR) is 70.1 cm³/mol. The smallest absolute Gasteiger partial charge is 0.272 e. The number of nitrogens with zero attached hydrogens (tertiary/aromatic N) is 1. The maximum Gasteiger partial charge on any atom is 0.272 e. The highest BCUT2D eigenvalue weighted by molar-refractivity contribution is 5.59. The first-order chi connectivity index (χ1) is 8.06. The standard InChI is InChI=1S/C13H18N2O2/c1-10-8-11(2)13(15(16)17)9-12(10)6-4-5-7-14-3/h4,6,8-9,14H,5,7H2,1-3H3. The van der Waals surface area contributed by atoms with Gasteiger partial charge in [0, 0.05) is 11.6 Å². The molecule has 0 heterocycles. The Morgan fingerprint density at radius 3 is 2.65 bits per heavy atom. The molecule has 0 aliphatic heterocycles. The second kappa shape index (κ2) is 6.15. The Morgan fingerprint density at radius 1 is 1.35 bits per heavy atom. The fraction of sp³-hybridized carbons (Fsp3) is 0.385. The molecule has 0 aromatic heterocycles. The molecule has 0 saturated carbocycles. The first-order valence-corrected chi connectivity index (χ1v) is 5.63. The summed E-state index contributed by atoms with van der Waals surface area (Å²) in [5.41, 5.74) is 2.87. The Hall–Kier alpha value is -1.68. The Kier molecular flexibility index (Phi) is 4.84. The molecule has 0 radical (unpaired) electrons. The van der Waals surface area contributed by atoms with Gasteiger partial charge in [-0.2, -0.15) is 0 Å². The lowest BCUT2D eigenvalue weighted by Gasteiger charge is -2.03. The Balaban J connectivity index is 2.95. The minimum absolute atomic E-state index is 0.184. The average molecular weight is 234 g/mol. The highest BCUT2D eigenvalue weighted by Gasteiger charge is 2.11. The van der Waals surface area contributed by atoms with Gasteiger partial charge in [-0.1, -0.05) is 12.2 Å². The number of hydrogen-bond donors (Lipinski definition) is 1. The molecule has 0 aliphatic carbocycles. The van der Waals surface area contributed by atoms with E-state index >= 15 is 0 Å². The van der Waals surface area contributed by atoms with Crippen LogP contribution in [0.4, 0.5) is 5.69 Å². The summed E-state index contributed by atoms with van der Waals surface area (Å²) >= 11 is 0. The van der Waals surface area contributed by atoms with Crippen LogP contribution in [0.25, 0.3) is 6.08 Å². The minimum atomic E-state index is -0.334. The van der Waals surface area contributed by atoms with Gasteiger partial charge < -0.3 is 5.32 Å². The van der Waals surface area contributed by atoms with Crippen LogP contribution in [-0.2, 0) is 0 Å². The molecule has 17 heavy (non-hydrogen) atoms. The predicted octanol–water partition coefficient (Wildman–Crippen LogP) is 2.83. The van der Waals surface area contributed by atoms with Crippen LogP contribution in [0.15, 0.2) is 18.2 Å². The minimum Gasteiger partial charge on any atom is -0.319 e. The number of nitro benzene ring substituents is 1. The molecule has 0 aliphatic rings. The van der Waals surface area contributed by atoms with Gasteiger partial charge in [-0.05, 0) is 51.1 Å². The van der Waals surface area contributed by atoms with E-state index in [9.17, 15) is 10.1 Å². The largest absolute Gasteiger partial charge is 0.319 e. The Labute approximate surface area is 101 Å². The van der Waals surface area contributed by atoms with Crippen molar-refractivity contribution in [2.75, 3.05) is 13.6 Å². The zero-order chi connectivity index (χ0) is 12.8. The lowest BCUT2D eigenvalue weighted by Crippen LogP contribution is -2.05. The number of benzene rings is 1. The summed E-state index contributed by atoms with van der Waals surface area (Å²) in [5, 5.41) is 13.9. The van der Waals surface area contributed by atoms with Crippen molar-refractivity contribution in [1.82, 2.24) is 5.32 Å². The van der Waals surface area contributed by atoms with Gasteiger partial charge in [-0.25, -0.2) is 0 Å². The second-order valence-electron chi connectivity index (χ2n) is 4.05. The van der Waals surface area contributed by atoms with Gasteiger partial charge in [0.05, 0.1) is 4.92 Å². The van der Waals surface area contributed by atoms with Crippen molar-refractivity contribution in [2.45, 2.75) is 20.3 Å². The topological polar surface area (TPSA) is 55.2 Å². The number of aryl methyl sites for hydroxylation is 2. The highest BCUT2D eigenvalue weighted by atomic mass is 16.6. The quantitative estimate of drug-likeness (QED) is 0.484. The molecule has 0 bridgehead atoms. The molecule has 92 valence electrons. The maximum absolute atomic E-state index is 10.8. The number of rotatable bonds is 5. The third-order valence-electron chi connectivity index (χ3n) is 2.64. The Morgan fingerprint density at radius 2 is 2.06 bits per heavy atom. The number of nitrogens with one attached hydrogen (secondary N) is 1. The zero-order valence-electron chi connectivity index (χ0n) is 10.5. The monoisotopic (exact) mass is 234 g/mol. The van der Waals surface area contributed by atoms with E-state index in [-0.39, 0.29) is 10.6 Å². The van der Waals surface area contributed by atoms with E-state index in [0.29, 0.717) is 5.56 Å². The van der Waals surface area contributed by atoms with Crippen LogP contribution >= 0.6 is 0 Å². The summed E-state index contributed by atoms with van der Waals surface area (Å²) < 4.78 is 0. The molecule has 1 N–H and O–H groups in total. The normalized spacial score (nSPS) is 11.0.